The number of methoxy groups -OCH3 is 1. The molecule has 0 aliphatic heterocycles. The lowest BCUT2D eigenvalue weighted by Gasteiger charge is -2.13. The van der Waals surface area contributed by atoms with Gasteiger partial charge in [0.1, 0.15) is 10.5 Å². The van der Waals surface area contributed by atoms with Crippen molar-refractivity contribution >= 4 is 27.6 Å². The first-order chi connectivity index (χ1) is 9.85. The van der Waals surface area contributed by atoms with E-state index in [0.29, 0.717) is 12.5 Å². The van der Waals surface area contributed by atoms with Gasteiger partial charge in [0.15, 0.2) is 5.75 Å². The topological polar surface area (TPSA) is 92.7 Å². The molecule has 2 rings (SSSR count). The summed E-state index contributed by atoms with van der Waals surface area (Å²) in [5.41, 5.74) is -0.285. The van der Waals surface area contributed by atoms with Crippen molar-refractivity contribution < 1.29 is 23.1 Å². The quantitative estimate of drug-likeness (QED) is 0.797. The summed E-state index contributed by atoms with van der Waals surface area (Å²) in [6.45, 7) is 0.311. The normalized spacial score (nSPS) is 15.0. The molecule has 0 aromatic heterocycles. The zero-order valence-corrected chi connectivity index (χ0v) is 13.0. The van der Waals surface area contributed by atoms with Crippen LogP contribution in [0.15, 0.2) is 17.0 Å². The van der Waals surface area contributed by atoms with Crippen LogP contribution >= 0.6 is 11.6 Å². The largest absolute Gasteiger partial charge is 0.494 e. The highest BCUT2D eigenvalue weighted by Gasteiger charge is 2.27. The molecule has 1 saturated carbocycles. The van der Waals surface area contributed by atoms with Crippen molar-refractivity contribution in [3.63, 3.8) is 0 Å². The van der Waals surface area contributed by atoms with Crippen LogP contribution in [-0.4, -0.2) is 33.1 Å². The highest BCUT2D eigenvalue weighted by atomic mass is 35.5. The number of benzene rings is 1. The number of rotatable bonds is 7. The fraction of sp³-hybridized carbons (Fsp3) is 0.462. The predicted octanol–water partition coefficient (Wildman–Crippen LogP) is 2.13. The van der Waals surface area contributed by atoms with Gasteiger partial charge in [-0.2, -0.15) is 0 Å². The maximum Gasteiger partial charge on any atom is 0.339 e. The molecular weight excluding hydrogens is 318 g/mol. The minimum atomic E-state index is -3.87. The molecule has 0 heterocycles. The van der Waals surface area contributed by atoms with Crippen LogP contribution in [-0.2, 0) is 10.0 Å². The molecule has 0 saturated heterocycles. The van der Waals surface area contributed by atoms with Gasteiger partial charge < -0.3 is 9.84 Å². The number of carbonyl (C=O) groups is 1. The molecule has 1 aromatic carbocycles. The third-order valence-corrected chi connectivity index (χ3v) is 4.97. The lowest BCUT2D eigenvalue weighted by molar-refractivity contribution is 0.0693. The van der Waals surface area contributed by atoms with E-state index in [1.807, 2.05) is 0 Å². The molecule has 0 bridgehead atoms. The number of hydrogen-bond donors (Lipinski definition) is 2. The number of nitrogens with one attached hydrogen (secondary N) is 1. The maximum atomic E-state index is 12.3. The molecule has 21 heavy (non-hydrogen) atoms. The van der Waals surface area contributed by atoms with Crippen molar-refractivity contribution in [1.29, 1.82) is 0 Å². The maximum absolute atomic E-state index is 12.3. The van der Waals surface area contributed by atoms with Crippen molar-refractivity contribution in [2.45, 2.75) is 24.2 Å². The van der Waals surface area contributed by atoms with Gasteiger partial charge in [-0.3, -0.25) is 0 Å². The Morgan fingerprint density at radius 2 is 2.14 bits per heavy atom. The molecule has 0 radical (unpaired) electrons. The summed E-state index contributed by atoms with van der Waals surface area (Å²) < 4.78 is 32.0. The van der Waals surface area contributed by atoms with E-state index in [1.54, 1.807) is 0 Å². The van der Waals surface area contributed by atoms with Gasteiger partial charge in [0.05, 0.1) is 7.11 Å². The van der Waals surface area contributed by atoms with E-state index in [4.69, 9.17) is 21.4 Å². The van der Waals surface area contributed by atoms with Crippen molar-refractivity contribution in [3.8, 4) is 5.75 Å². The minimum absolute atomic E-state index is 0.0239. The van der Waals surface area contributed by atoms with Gasteiger partial charge in [-0.05, 0) is 24.5 Å². The van der Waals surface area contributed by atoms with Gasteiger partial charge in [0.2, 0.25) is 10.0 Å². The molecular formula is C13H16ClNO5S. The van der Waals surface area contributed by atoms with Crippen molar-refractivity contribution in [2.24, 2.45) is 5.92 Å². The summed E-state index contributed by atoms with van der Waals surface area (Å²) in [6.07, 6.45) is 3.03. The van der Waals surface area contributed by atoms with Gasteiger partial charge in [-0.25, -0.2) is 17.9 Å². The fourth-order valence-electron chi connectivity index (χ4n) is 2.02. The van der Waals surface area contributed by atoms with Crippen LogP contribution in [0, 0.1) is 5.92 Å². The standard InChI is InChI=1S/C13H16ClNO5S/c1-20-12-10(13(16)17)6-9(14)7-11(12)21(18,19)15-5-4-8-2-3-8/h6-8,15H,2-5H2,1H3,(H,16,17). The van der Waals surface area contributed by atoms with Crippen LogP contribution in [0.2, 0.25) is 5.02 Å². The Balaban J connectivity index is 2.33. The van der Waals surface area contributed by atoms with E-state index < -0.39 is 16.0 Å². The zero-order chi connectivity index (χ0) is 15.6. The second-order valence-corrected chi connectivity index (χ2v) is 7.09. The summed E-state index contributed by atoms with van der Waals surface area (Å²) in [6, 6.07) is 2.35. The van der Waals surface area contributed by atoms with Gasteiger partial charge in [0.25, 0.3) is 0 Å². The van der Waals surface area contributed by atoms with Crippen LogP contribution in [0.4, 0.5) is 0 Å². The lowest BCUT2D eigenvalue weighted by atomic mass is 10.2. The third kappa shape index (κ3) is 3.87. The van der Waals surface area contributed by atoms with Crippen LogP contribution in [0.1, 0.15) is 29.6 Å². The predicted molar refractivity (Wildman–Crippen MR) is 77.5 cm³/mol. The summed E-state index contributed by atoms with van der Waals surface area (Å²) in [4.78, 5) is 10.9. The highest BCUT2D eigenvalue weighted by Crippen LogP contribution is 2.33. The van der Waals surface area contributed by atoms with Crippen LogP contribution < -0.4 is 9.46 Å². The first-order valence-corrected chi connectivity index (χ1v) is 8.31. The van der Waals surface area contributed by atoms with E-state index in [0.717, 1.165) is 25.3 Å². The number of ether oxygens (including phenoxy) is 1. The highest BCUT2D eigenvalue weighted by molar-refractivity contribution is 7.89. The van der Waals surface area contributed by atoms with E-state index >= 15 is 0 Å². The van der Waals surface area contributed by atoms with Crippen molar-refractivity contribution in [3.05, 3.63) is 22.7 Å². The molecule has 1 aromatic rings. The van der Waals surface area contributed by atoms with Crippen LogP contribution in [0.25, 0.3) is 0 Å². The Morgan fingerprint density at radius 1 is 1.48 bits per heavy atom. The van der Waals surface area contributed by atoms with E-state index in [1.165, 1.54) is 13.2 Å². The van der Waals surface area contributed by atoms with Crippen LogP contribution in [0.3, 0.4) is 0 Å². The van der Waals surface area contributed by atoms with E-state index in [2.05, 4.69) is 4.72 Å². The average Bonchev–Trinajstić information content (AvgIpc) is 3.21. The number of carboxylic acid groups (broad SMARTS) is 1. The third-order valence-electron chi connectivity index (χ3n) is 3.29. The summed E-state index contributed by atoms with van der Waals surface area (Å²) >= 11 is 5.81. The van der Waals surface area contributed by atoms with Crippen molar-refractivity contribution in [2.75, 3.05) is 13.7 Å². The van der Waals surface area contributed by atoms with Gasteiger partial charge in [-0.1, -0.05) is 24.4 Å². The smallest absolute Gasteiger partial charge is 0.339 e. The Hall–Kier alpha value is -1.31. The molecule has 1 aliphatic rings. The number of sulfonamides is 1. The molecule has 0 amide bonds. The fourth-order valence-corrected chi connectivity index (χ4v) is 3.56. The van der Waals surface area contributed by atoms with Crippen LogP contribution in [0.5, 0.6) is 5.75 Å². The lowest BCUT2D eigenvalue weighted by Crippen LogP contribution is -2.26. The second-order valence-electron chi connectivity index (χ2n) is 4.92. The van der Waals surface area contributed by atoms with Gasteiger partial charge in [-0.15, -0.1) is 0 Å². The molecule has 8 heteroatoms. The molecule has 116 valence electrons. The minimum Gasteiger partial charge on any atom is -0.494 e. The number of halogens is 1. The molecule has 6 nitrogen and oxygen atoms in total. The molecule has 0 atom stereocenters. The number of aromatic carboxylic acids is 1. The summed E-state index contributed by atoms with van der Waals surface area (Å²) in [7, 11) is -2.65. The summed E-state index contributed by atoms with van der Waals surface area (Å²) in [5.74, 6) is -0.932. The van der Waals surface area contributed by atoms with E-state index in [9.17, 15) is 13.2 Å². The summed E-state index contributed by atoms with van der Waals surface area (Å²) in [5, 5.41) is 9.14. The van der Waals surface area contributed by atoms with Crippen molar-refractivity contribution in [1.82, 2.24) is 4.72 Å². The second kappa shape index (κ2) is 6.21. The number of carboxylic acids is 1. The molecule has 1 fully saturated rings. The van der Waals surface area contributed by atoms with Gasteiger partial charge >= 0.3 is 5.97 Å². The Bertz CT molecular complexity index is 655. The molecule has 0 spiro atoms. The Labute approximate surface area is 128 Å². The SMILES string of the molecule is COc1c(C(=O)O)cc(Cl)cc1S(=O)(=O)NCCC1CC1. The molecule has 1 aliphatic carbocycles. The Morgan fingerprint density at radius 3 is 2.67 bits per heavy atom. The Kier molecular flexibility index (Phi) is 4.75. The average molecular weight is 334 g/mol. The molecule has 2 N–H and O–H groups in total. The van der Waals surface area contributed by atoms with Gasteiger partial charge in [0, 0.05) is 11.6 Å². The monoisotopic (exact) mass is 333 g/mol. The van der Waals surface area contributed by atoms with E-state index in [-0.39, 0.29) is 21.2 Å². The number of hydrogen-bond acceptors (Lipinski definition) is 4. The first kappa shape index (κ1) is 16.1. The first-order valence-electron chi connectivity index (χ1n) is 6.45. The molecule has 0 unspecified atom stereocenters. The zero-order valence-electron chi connectivity index (χ0n) is 11.4.